The minimum atomic E-state index is -0.861. The topological polar surface area (TPSA) is 69.6 Å². The number of nitrogens with one attached hydrogen (secondary N) is 1. The SMILES string of the molecule is CCCCCCCCCC/C=C\CCCCCCCCCCCCCCCCCCCCCCCC(=O)NC(CO)C(O)/C=C/CC/C=C/CCCCCCCCCCCCCCCCC. The van der Waals surface area contributed by atoms with Gasteiger partial charge in [0.05, 0.1) is 18.8 Å². The largest absolute Gasteiger partial charge is 0.394 e. The second kappa shape index (κ2) is 57.9. The van der Waals surface area contributed by atoms with E-state index in [0.717, 1.165) is 32.1 Å². The highest BCUT2D eigenvalue weighted by Crippen LogP contribution is 2.18. The lowest BCUT2D eigenvalue weighted by atomic mass is 10.0. The average molecular weight is 927 g/mol. The number of hydrogen-bond donors (Lipinski definition) is 3. The highest BCUT2D eigenvalue weighted by molar-refractivity contribution is 5.76. The molecule has 0 bridgehead atoms. The van der Waals surface area contributed by atoms with E-state index < -0.39 is 12.1 Å². The third-order valence-corrected chi connectivity index (χ3v) is 14.1. The number of amides is 1. The Bertz CT molecular complexity index is 1010. The second-order valence-corrected chi connectivity index (χ2v) is 20.8. The van der Waals surface area contributed by atoms with Crippen molar-refractivity contribution in [2.75, 3.05) is 6.61 Å². The fraction of sp³-hybridized carbons (Fsp3) is 0.887. The molecule has 0 heterocycles. The molecule has 0 aliphatic rings. The molecule has 0 rings (SSSR count). The van der Waals surface area contributed by atoms with Crippen LogP contribution >= 0.6 is 0 Å². The monoisotopic (exact) mass is 926 g/mol. The van der Waals surface area contributed by atoms with E-state index in [0.29, 0.717) is 6.42 Å². The van der Waals surface area contributed by atoms with Gasteiger partial charge in [0, 0.05) is 6.42 Å². The highest BCUT2D eigenvalue weighted by atomic mass is 16.3. The van der Waals surface area contributed by atoms with Gasteiger partial charge in [-0.2, -0.15) is 0 Å². The number of allylic oxidation sites excluding steroid dienone is 5. The van der Waals surface area contributed by atoms with Crippen LogP contribution in [0.15, 0.2) is 36.5 Å². The van der Waals surface area contributed by atoms with Crippen molar-refractivity contribution >= 4 is 5.91 Å². The Morgan fingerprint density at radius 3 is 0.879 bits per heavy atom. The van der Waals surface area contributed by atoms with Crippen LogP contribution in [0.4, 0.5) is 0 Å². The molecule has 0 fully saturated rings. The van der Waals surface area contributed by atoms with Crippen LogP contribution in [0.25, 0.3) is 0 Å². The second-order valence-electron chi connectivity index (χ2n) is 20.8. The van der Waals surface area contributed by atoms with Crippen LogP contribution in [0, 0.1) is 0 Å². The number of carbonyl (C=O) groups excluding carboxylic acids is 1. The van der Waals surface area contributed by atoms with Crippen molar-refractivity contribution in [2.45, 2.75) is 347 Å². The fourth-order valence-corrected chi connectivity index (χ4v) is 9.49. The summed E-state index contributed by atoms with van der Waals surface area (Å²) < 4.78 is 0. The van der Waals surface area contributed by atoms with E-state index in [-0.39, 0.29) is 12.5 Å². The first-order chi connectivity index (χ1) is 32.7. The zero-order chi connectivity index (χ0) is 47.7. The van der Waals surface area contributed by atoms with Crippen LogP contribution < -0.4 is 5.32 Å². The van der Waals surface area contributed by atoms with Crippen molar-refractivity contribution in [1.29, 1.82) is 0 Å². The van der Waals surface area contributed by atoms with Crippen molar-refractivity contribution in [3.8, 4) is 0 Å². The Hall–Kier alpha value is -1.39. The maximum atomic E-state index is 12.5. The predicted octanol–water partition coefficient (Wildman–Crippen LogP) is 20.0. The molecule has 2 atom stereocenters. The van der Waals surface area contributed by atoms with Gasteiger partial charge in [0.1, 0.15) is 0 Å². The summed E-state index contributed by atoms with van der Waals surface area (Å²) in [6.45, 7) is 4.33. The van der Waals surface area contributed by atoms with Gasteiger partial charge in [-0.25, -0.2) is 0 Å². The maximum absolute atomic E-state index is 12.5. The van der Waals surface area contributed by atoms with Gasteiger partial charge >= 0.3 is 0 Å². The van der Waals surface area contributed by atoms with Gasteiger partial charge in [0.15, 0.2) is 0 Å². The van der Waals surface area contributed by atoms with Gasteiger partial charge in [-0.1, -0.05) is 307 Å². The first kappa shape index (κ1) is 64.6. The number of aliphatic hydroxyl groups is 2. The molecule has 2 unspecified atom stereocenters. The number of aliphatic hydroxyl groups excluding tert-OH is 2. The summed E-state index contributed by atoms with van der Waals surface area (Å²) in [7, 11) is 0. The summed E-state index contributed by atoms with van der Waals surface area (Å²) in [6, 6.07) is -0.638. The third-order valence-electron chi connectivity index (χ3n) is 14.1. The highest BCUT2D eigenvalue weighted by Gasteiger charge is 2.18. The molecule has 3 N–H and O–H groups in total. The van der Waals surface area contributed by atoms with Crippen molar-refractivity contribution in [1.82, 2.24) is 5.32 Å². The molecule has 0 aromatic carbocycles. The Morgan fingerprint density at radius 1 is 0.348 bits per heavy atom. The standard InChI is InChI=1S/C62H119NO3/c1-3-5-7-9-11-13-15-17-19-21-23-25-26-27-28-29-30-31-32-33-34-35-36-38-40-42-44-46-48-50-52-54-56-58-62(66)63-60(59-64)61(65)57-55-53-51-49-47-45-43-41-39-37-24-22-20-18-16-14-12-10-8-6-4-2/h21,23,47,49,55,57,60-61,64-65H,3-20,22,24-46,48,50-54,56,58-59H2,1-2H3,(H,63,66)/b23-21-,49-47+,57-55+. The minimum absolute atomic E-state index is 0.0673. The molecule has 0 aliphatic carbocycles. The summed E-state index contributed by atoms with van der Waals surface area (Å²) >= 11 is 0. The Balaban J connectivity index is 3.45. The van der Waals surface area contributed by atoms with Crippen LogP contribution in [0.1, 0.15) is 335 Å². The lowest BCUT2D eigenvalue weighted by Gasteiger charge is -2.19. The van der Waals surface area contributed by atoms with E-state index in [1.54, 1.807) is 6.08 Å². The summed E-state index contributed by atoms with van der Waals surface area (Å²) in [5.74, 6) is -0.0673. The molecule has 0 spiro atoms. The zero-order valence-electron chi connectivity index (χ0n) is 45.0. The molecule has 1 amide bonds. The molecule has 66 heavy (non-hydrogen) atoms. The van der Waals surface area contributed by atoms with E-state index in [9.17, 15) is 15.0 Å². The van der Waals surface area contributed by atoms with E-state index in [1.807, 2.05) is 6.08 Å². The van der Waals surface area contributed by atoms with Gasteiger partial charge in [-0.15, -0.1) is 0 Å². The smallest absolute Gasteiger partial charge is 0.220 e. The molecule has 0 aromatic rings. The van der Waals surface area contributed by atoms with Gasteiger partial charge < -0.3 is 15.5 Å². The van der Waals surface area contributed by atoms with E-state index in [2.05, 4.69) is 43.5 Å². The molecular weight excluding hydrogens is 807 g/mol. The normalized spacial score (nSPS) is 13.0. The molecule has 4 nitrogen and oxygen atoms in total. The molecule has 0 aromatic heterocycles. The molecule has 0 aliphatic heterocycles. The Labute approximate surface area is 414 Å². The van der Waals surface area contributed by atoms with Crippen molar-refractivity contribution in [3.63, 3.8) is 0 Å². The van der Waals surface area contributed by atoms with Gasteiger partial charge in [0.25, 0.3) is 0 Å². The Morgan fingerprint density at radius 2 is 0.591 bits per heavy atom. The predicted molar refractivity (Wildman–Crippen MR) is 295 cm³/mol. The van der Waals surface area contributed by atoms with Crippen LogP contribution in [-0.2, 0) is 4.79 Å². The van der Waals surface area contributed by atoms with E-state index in [4.69, 9.17) is 0 Å². The summed E-state index contributed by atoms with van der Waals surface area (Å²) in [4.78, 5) is 12.5. The maximum Gasteiger partial charge on any atom is 0.220 e. The number of carbonyl (C=O) groups is 1. The molecule has 0 saturated carbocycles. The number of hydrogen-bond acceptors (Lipinski definition) is 3. The van der Waals surface area contributed by atoms with Crippen LogP contribution in [0.3, 0.4) is 0 Å². The molecule has 0 saturated heterocycles. The van der Waals surface area contributed by atoms with E-state index >= 15 is 0 Å². The lowest BCUT2D eigenvalue weighted by Crippen LogP contribution is -2.45. The van der Waals surface area contributed by atoms with Gasteiger partial charge in [-0.3, -0.25) is 4.79 Å². The molecule has 390 valence electrons. The zero-order valence-corrected chi connectivity index (χ0v) is 45.0. The molecule has 0 radical (unpaired) electrons. The van der Waals surface area contributed by atoms with Crippen molar-refractivity contribution in [2.24, 2.45) is 0 Å². The average Bonchev–Trinajstić information content (AvgIpc) is 3.32. The van der Waals surface area contributed by atoms with Gasteiger partial charge in [0.2, 0.25) is 5.91 Å². The third kappa shape index (κ3) is 53.6. The molecule has 4 heteroatoms. The Kier molecular flexibility index (Phi) is 56.7. The first-order valence-corrected chi connectivity index (χ1v) is 30.2. The van der Waals surface area contributed by atoms with E-state index in [1.165, 1.54) is 283 Å². The van der Waals surface area contributed by atoms with Crippen LogP contribution in [-0.4, -0.2) is 34.9 Å². The summed E-state index contributed by atoms with van der Waals surface area (Å²) in [5.41, 5.74) is 0. The minimum Gasteiger partial charge on any atom is -0.394 e. The lowest BCUT2D eigenvalue weighted by molar-refractivity contribution is -0.123. The van der Waals surface area contributed by atoms with Gasteiger partial charge in [-0.05, 0) is 57.8 Å². The van der Waals surface area contributed by atoms with Crippen molar-refractivity contribution in [3.05, 3.63) is 36.5 Å². The number of unbranched alkanes of at least 4 members (excludes halogenated alkanes) is 45. The summed E-state index contributed by atoms with van der Waals surface area (Å²) in [6.07, 6.45) is 79.1. The molecular formula is C62H119NO3. The quantitative estimate of drug-likeness (QED) is 0.0420. The number of rotatable bonds is 56. The fourth-order valence-electron chi connectivity index (χ4n) is 9.49. The van der Waals surface area contributed by atoms with Crippen LogP contribution in [0.2, 0.25) is 0 Å². The summed E-state index contributed by atoms with van der Waals surface area (Å²) in [5, 5.41) is 23.2. The van der Waals surface area contributed by atoms with Crippen molar-refractivity contribution < 1.29 is 15.0 Å². The first-order valence-electron chi connectivity index (χ1n) is 30.2. The van der Waals surface area contributed by atoms with Crippen LogP contribution in [0.5, 0.6) is 0 Å².